The molecule has 4 heterocycles. The lowest BCUT2D eigenvalue weighted by Gasteiger charge is -2.29. The number of anilines is 2. The van der Waals surface area contributed by atoms with Crippen LogP contribution in [0.5, 0.6) is 0 Å². The number of benzene rings is 1. The van der Waals surface area contributed by atoms with E-state index in [1.807, 2.05) is 12.3 Å². The molecule has 2 fully saturated rings. The first-order valence-corrected chi connectivity index (χ1v) is 13.2. The number of hydrogen-bond acceptors (Lipinski definition) is 7. The molecule has 0 amide bonds. The Kier molecular flexibility index (Phi) is 6.81. The second-order valence-corrected chi connectivity index (χ2v) is 10.5. The fraction of sp³-hybridized carbons (Fsp3) is 0.538. The van der Waals surface area contributed by atoms with Gasteiger partial charge in [-0.15, -0.1) is 11.3 Å². The van der Waals surface area contributed by atoms with E-state index in [-0.39, 0.29) is 6.10 Å². The fourth-order valence-electron chi connectivity index (χ4n) is 5.10. The molecule has 5 rings (SSSR count). The summed E-state index contributed by atoms with van der Waals surface area (Å²) in [5.74, 6) is 0.468. The van der Waals surface area contributed by atoms with Gasteiger partial charge in [-0.1, -0.05) is 32.0 Å². The lowest BCUT2D eigenvalue weighted by molar-refractivity contribution is 0.145. The Morgan fingerprint density at radius 3 is 2.70 bits per heavy atom. The molecule has 176 valence electrons. The van der Waals surface area contributed by atoms with Crippen LogP contribution in [0.4, 0.5) is 10.8 Å². The fourth-order valence-corrected chi connectivity index (χ4v) is 5.97. The standard InChI is InChI=1S/C26H35N5OS/c1-19(2)23-7-6-20-5-3-10-27-24(20)25(23)30-12-4-11-29(15-16-30)17-21-18-33-26(28-21)31-13-8-22(32)9-14-31/h3,5-7,10,18-19,22,32H,4,8-9,11-17H2,1-2H3. The van der Waals surface area contributed by atoms with Crippen LogP contribution >= 0.6 is 11.3 Å². The molecule has 7 heteroatoms. The molecular formula is C26H35N5OS. The van der Waals surface area contributed by atoms with Crippen LogP contribution in [0.1, 0.15) is 50.3 Å². The van der Waals surface area contributed by atoms with Gasteiger partial charge in [-0.05, 0) is 36.8 Å². The van der Waals surface area contributed by atoms with Gasteiger partial charge in [0.25, 0.3) is 0 Å². The number of pyridine rings is 1. The van der Waals surface area contributed by atoms with Crippen LogP contribution in [-0.2, 0) is 6.54 Å². The molecule has 1 aromatic carbocycles. The van der Waals surface area contributed by atoms with E-state index >= 15 is 0 Å². The zero-order chi connectivity index (χ0) is 22.8. The van der Waals surface area contributed by atoms with Crippen molar-refractivity contribution in [1.82, 2.24) is 14.9 Å². The number of nitrogens with zero attached hydrogens (tertiary/aromatic N) is 5. The smallest absolute Gasteiger partial charge is 0.185 e. The van der Waals surface area contributed by atoms with Gasteiger partial charge in [-0.2, -0.15) is 0 Å². The van der Waals surface area contributed by atoms with Crippen molar-refractivity contribution in [2.45, 2.75) is 51.7 Å². The maximum Gasteiger partial charge on any atom is 0.185 e. The Balaban J connectivity index is 1.28. The highest BCUT2D eigenvalue weighted by atomic mass is 32.1. The van der Waals surface area contributed by atoms with Crippen LogP contribution < -0.4 is 9.80 Å². The predicted octanol–water partition coefficient (Wildman–Crippen LogP) is 4.49. The van der Waals surface area contributed by atoms with Crippen LogP contribution in [0.3, 0.4) is 0 Å². The zero-order valence-electron chi connectivity index (χ0n) is 19.8. The third kappa shape index (κ3) is 5.00. The first-order chi connectivity index (χ1) is 16.1. The first kappa shape index (κ1) is 22.6. The van der Waals surface area contributed by atoms with Crippen LogP contribution in [0.15, 0.2) is 35.8 Å². The van der Waals surface area contributed by atoms with Crippen molar-refractivity contribution < 1.29 is 5.11 Å². The predicted molar refractivity (Wildman–Crippen MR) is 138 cm³/mol. The molecule has 0 saturated carbocycles. The van der Waals surface area contributed by atoms with E-state index in [4.69, 9.17) is 9.97 Å². The lowest BCUT2D eigenvalue weighted by atomic mass is 9.97. The molecule has 0 unspecified atom stereocenters. The number of aromatic nitrogens is 2. The summed E-state index contributed by atoms with van der Waals surface area (Å²) in [6.45, 7) is 11.5. The van der Waals surface area contributed by atoms with Crippen LogP contribution in [0.2, 0.25) is 0 Å². The highest BCUT2D eigenvalue weighted by Crippen LogP contribution is 2.35. The average molecular weight is 466 g/mol. The van der Waals surface area contributed by atoms with E-state index in [0.29, 0.717) is 5.92 Å². The highest BCUT2D eigenvalue weighted by Gasteiger charge is 2.23. The van der Waals surface area contributed by atoms with Gasteiger partial charge >= 0.3 is 0 Å². The molecule has 0 spiro atoms. The molecule has 2 saturated heterocycles. The highest BCUT2D eigenvalue weighted by molar-refractivity contribution is 7.13. The Morgan fingerprint density at radius 2 is 1.88 bits per heavy atom. The third-order valence-corrected chi connectivity index (χ3v) is 7.92. The summed E-state index contributed by atoms with van der Waals surface area (Å²) in [4.78, 5) is 17.2. The number of fused-ring (bicyclic) bond motifs is 1. The molecule has 2 aromatic heterocycles. The van der Waals surface area contributed by atoms with E-state index in [1.54, 1.807) is 11.3 Å². The van der Waals surface area contributed by atoms with E-state index in [9.17, 15) is 5.11 Å². The second-order valence-electron chi connectivity index (χ2n) is 9.69. The monoisotopic (exact) mass is 465 g/mol. The maximum atomic E-state index is 9.77. The molecule has 0 bridgehead atoms. The van der Waals surface area contributed by atoms with Crippen molar-refractivity contribution >= 4 is 33.1 Å². The van der Waals surface area contributed by atoms with Gasteiger partial charge in [0.2, 0.25) is 0 Å². The average Bonchev–Trinajstić information content (AvgIpc) is 3.16. The van der Waals surface area contributed by atoms with Crippen molar-refractivity contribution in [1.29, 1.82) is 0 Å². The molecule has 2 aliphatic heterocycles. The minimum atomic E-state index is -0.145. The van der Waals surface area contributed by atoms with Crippen molar-refractivity contribution in [2.24, 2.45) is 0 Å². The molecule has 0 radical (unpaired) electrons. The van der Waals surface area contributed by atoms with Gasteiger partial charge in [0.05, 0.1) is 23.0 Å². The van der Waals surface area contributed by atoms with E-state index in [0.717, 1.165) is 75.7 Å². The van der Waals surface area contributed by atoms with Gasteiger partial charge in [0.1, 0.15) is 0 Å². The summed E-state index contributed by atoms with van der Waals surface area (Å²) in [5, 5.41) is 14.3. The Hall–Kier alpha value is -2.22. The molecule has 33 heavy (non-hydrogen) atoms. The van der Waals surface area contributed by atoms with Crippen LogP contribution in [0, 0.1) is 0 Å². The zero-order valence-corrected chi connectivity index (χ0v) is 20.6. The Morgan fingerprint density at radius 1 is 1.03 bits per heavy atom. The normalized spacial score (nSPS) is 18.9. The summed E-state index contributed by atoms with van der Waals surface area (Å²) in [6.07, 6.45) is 4.61. The molecule has 2 aliphatic rings. The van der Waals surface area contributed by atoms with E-state index < -0.39 is 0 Å². The Bertz CT molecular complexity index is 1080. The number of rotatable bonds is 5. The van der Waals surface area contributed by atoms with Crippen molar-refractivity contribution in [3.05, 3.63) is 47.1 Å². The second kappa shape index (κ2) is 9.95. The van der Waals surface area contributed by atoms with Gasteiger partial charge in [-0.3, -0.25) is 9.88 Å². The SMILES string of the molecule is CC(C)c1ccc2cccnc2c1N1CCCN(Cc2csc(N3CCC(O)CC3)n2)CC1. The number of aliphatic hydroxyl groups excluding tert-OH is 1. The van der Waals surface area contributed by atoms with E-state index in [1.165, 1.54) is 22.3 Å². The summed E-state index contributed by atoms with van der Waals surface area (Å²) >= 11 is 1.74. The number of piperidine rings is 1. The topological polar surface area (TPSA) is 55.7 Å². The third-order valence-electron chi connectivity index (χ3n) is 6.97. The summed E-state index contributed by atoms with van der Waals surface area (Å²) in [6, 6.07) is 8.71. The molecule has 0 aliphatic carbocycles. The van der Waals surface area contributed by atoms with Gasteiger partial charge in [-0.25, -0.2) is 4.98 Å². The molecule has 6 nitrogen and oxygen atoms in total. The molecule has 1 N–H and O–H groups in total. The van der Waals surface area contributed by atoms with Crippen LogP contribution in [0.25, 0.3) is 10.9 Å². The summed E-state index contributed by atoms with van der Waals surface area (Å²) < 4.78 is 0. The number of hydrogen-bond donors (Lipinski definition) is 1. The minimum absolute atomic E-state index is 0.145. The van der Waals surface area contributed by atoms with Gasteiger partial charge in [0, 0.05) is 62.8 Å². The minimum Gasteiger partial charge on any atom is -0.393 e. The molecule has 0 atom stereocenters. The number of thiazole rings is 1. The first-order valence-electron chi connectivity index (χ1n) is 12.3. The van der Waals surface area contributed by atoms with Gasteiger partial charge < -0.3 is 14.9 Å². The summed E-state index contributed by atoms with van der Waals surface area (Å²) in [5.41, 5.74) is 5.02. The van der Waals surface area contributed by atoms with Crippen LogP contribution in [-0.4, -0.2) is 65.3 Å². The lowest BCUT2D eigenvalue weighted by Crippen LogP contribution is -2.35. The molecular weight excluding hydrogens is 430 g/mol. The molecule has 3 aromatic rings. The number of aliphatic hydroxyl groups is 1. The maximum absolute atomic E-state index is 9.77. The van der Waals surface area contributed by atoms with Crippen molar-refractivity contribution in [3.63, 3.8) is 0 Å². The summed E-state index contributed by atoms with van der Waals surface area (Å²) in [7, 11) is 0. The van der Waals surface area contributed by atoms with Crippen molar-refractivity contribution in [2.75, 3.05) is 49.1 Å². The van der Waals surface area contributed by atoms with E-state index in [2.05, 4.69) is 52.1 Å². The largest absolute Gasteiger partial charge is 0.393 e. The Labute approximate surface area is 200 Å². The van der Waals surface area contributed by atoms with Gasteiger partial charge in [0.15, 0.2) is 5.13 Å². The van der Waals surface area contributed by atoms with Crippen molar-refractivity contribution in [3.8, 4) is 0 Å². The quantitative estimate of drug-likeness (QED) is 0.599.